The number of anilines is 1. The number of hydrogen-bond acceptors (Lipinski definition) is 6. The highest BCUT2D eigenvalue weighted by Crippen LogP contribution is 2.45. The second-order valence-corrected chi connectivity index (χ2v) is 8.74. The van der Waals surface area contributed by atoms with Crippen LogP contribution in [-0.4, -0.2) is 37.6 Å². The van der Waals surface area contributed by atoms with Crippen LogP contribution in [0.15, 0.2) is 66.2 Å². The fourth-order valence-corrected chi connectivity index (χ4v) is 4.59. The van der Waals surface area contributed by atoms with Crippen LogP contribution in [-0.2, 0) is 16.0 Å². The maximum Gasteiger partial charge on any atom is 0.300 e. The Balaban J connectivity index is 1.99. The van der Waals surface area contributed by atoms with Crippen molar-refractivity contribution < 1.29 is 28.9 Å². The Morgan fingerprint density at radius 1 is 0.892 bits per heavy atom. The van der Waals surface area contributed by atoms with Crippen LogP contribution < -0.4 is 19.1 Å². The molecule has 1 saturated heterocycles. The van der Waals surface area contributed by atoms with E-state index in [0.29, 0.717) is 40.7 Å². The summed E-state index contributed by atoms with van der Waals surface area (Å²) < 4.78 is 16.7. The van der Waals surface area contributed by atoms with Crippen LogP contribution in [0.25, 0.3) is 5.76 Å². The van der Waals surface area contributed by atoms with Gasteiger partial charge in [-0.15, -0.1) is 0 Å². The quantitative estimate of drug-likeness (QED) is 0.246. The molecule has 1 heterocycles. The van der Waals surface area contributed by atoms with Crippen LogP contribution in [0.5, 0.6) is 17.2 Å². The molecule has 1 unspecified atom stereocenters. The van der Waals surface area contributed by atoms with Gasteiger partial charge in [0.15, 0.2) is 11.5 Å². The first-order valence-electron chi connectivity index (χ1n) is 12.2. The van der Waals surface area contributed by atoms with E-state index >= 15 is 0 Å². The van der Waals surface area contributed by atoms with Gasteiger partial charge < -0.3 is 19.3 Å². The van der Waals surface area contributed by atoms with Gasteiger partial charge in [-0.05, 0) is 67.8 Å². The summed E-state index contributed by atoms with van der Waals surface area (Å²) in [6, 6.07) is 17.1. The van der Waals surface area contributed by atoms with Crippen LogP contribution in [0.3, 0.4) is 0 Å². The molecule has 7 heteroatoms. The second kappa shape index (κ2) is 10.8. The Labute approximate surface area is 216 Å². The molecule has 37 heavy (non-hydrogen) atoms. The van der Waals surface area contributed by atoms with Crippen molar-refractivity contribution in [1.29, 1.82) is 0 Å². The molecule has 0 radical (unpaired) electrons. The number of nitrogens with zero attached hydrogens (tertiary/aromatic N) is 1. The van der Waals surface area contributed by atoms with Gasteiger partial charge in [-0.3, -0.25) is 14.5 Å². The summed E-state index contributed by atoms with van der Waals surface area (Å²) >= 11 is 0. The number of hydrogen-bond donors (Lipinski definition) is 1. The van der Waals surface area contributed by atoms with Crippen LogP contribution >= 0.6 is 0 Å². The average Bonchev–Trinajstić information content (AvgIpc) is 3.18. The lowest BCUT2D eigenvalue weighted by atomic mass is 9.94. The second-order valence-electron chi connectivity index (χ2n) is 8.74. The normalized spacial score (nSPS) is 16.7. The van der Waals surface area contributed by atoms with Gasteiger partial charge in [-0.25, -0.2) is 0 Å². The molecule has 0 aromatic heterocycles. The smallest absolute Gasteiger partial charge is 0.300 e. The number of ketones is 1. The minimum Gasteiger partial charge on any atom is -0.507 e. The number of benzene rings is 3. The van der Waals surface area contributed by atoms with Crippen LogP contribution in [0, 0.1) is 6.92 Å². The van der Waals surface area contributed by atoms with Gasteiger partial charge in [-0.1, -0.05) is 36.8 Å². The predicted octanol–water partition coefficient (Wildman–Crippen LogP) is 5.60. The minimum absolute atomic E-state index is 0.0268. The zero-order chi connectivity index (χ0) is 26.7. The largest absolute Gasteiger partial charge is 0.507 e. The lowest BCUT2D eigenvalue weighted by Gasteiger charge is -2.26. The molecule has 3 aromatic carbocycles. The van der Waals surface area contributed by atoms with Gasteiger partial charge >= 0.3 is 0 Å². The predicted molar refractivity (Wildman–Crippen MR) is 142 cm³/mol. The van der Waals surface area contributed by atoms with Crippen LogP contribution in [0.4, 0.5) is 5.69 Å². The number of carbonyl (C=O) groups is 2. The third-order valence-electron chi connectivity index (χ3n) is 6.48. The summed E-state index contributed by atoms with van der Waals surface area (Å²) in [7, 11) is 3.04. The van der Waals surface area contributed by atoms with E-state index in [0.717, 1.165) is 17.5 Å². The molecule has 1 amide bonds. The Kier molecular flexibility index (Phi) is 7.53. The van der Waals surface area contributed by atoms with E-state index in [-0.39, 0.29) is 11.3 Å². The van der Waals surface area contributed by atoms with Gasteiger partial charge in [-0.2, -0.15) is 0 Å². The summed E-state index contributed by atoms with van der Waals surface area (Å²) in [5.41, 5.74) is 3.42. The van der Waals surface area contributed by atoms with Crippen molar-refractivity contribution in [2.45, 2.75) is 33.2 Å². The van der Waals surface area contributed by atoms with Gasteiger partial charge in [0.25, 0.3) is 11.7 Å². The van der Waals surface area contributed by atoms with Crippen LogP contribution in [0.2, 0.25) is 0 Å². The minimum atomic E-state index is -0.900. The maximum atomic E-state index is 13.5. The molecule has 4 rings (SSSR count). The molecule has 0 spiro atoms. The first-order valence-corrected chi connectivity index (χ1v) is 12.2. The molecule has 1 N–H and O–H groups in total. The number of aliphatic hydroxyl groups excluding tert-OH is 1. The molecular weight excluding hydrogens is 470 g/mol. The average molecular weight is 502 g/mol. The van der Waals surface area contributed by atoms with Gasteiger partial charge in [0, 0.05) is 5.69 Å². The van der Waals surface area contributed by atoms with Crippen molar-refractivity contribution in [1.82, 2.24) is 0 Å². The standard InChI is InChI=1S/C30H31NO6/c1-6-19-9-12-21(13-10-19)31-27(20-11-15-24(36-5)25(17-20)37-7-2)26(29(33)30(31)34)28(32)22-16-18(3)8-14-23(22)35-4/h8-17,27,32H,6-7H2,1-5H3/b28-26+. The molecule has 7 nitrogen and oxygen atoms in total. The molecule has 0 aliphatic carbocycles. The molecule has 0 bridgehead atoms. The highest BCUT2D eigenvalue weighted by molar-refractivity contribution is 6.51. The Morgan fingerprint density at radius 3 is 2.19 bits per heavy atom. The molecule has 192 valence electrons. The zero-order valence-corrected chi connectivity index (χ0v) is 21.7. The summed E-state index contributed by atoms with van der Waals surface area (Å²) in [5.74, 6) is -0.413. The number of rotatable bonds is 8. The number of carbonyl (C=O) groups excluding carboxylic acids is 2. The SMILES string of the molecule is CCOc1cc(C2/C(=C(\O)c3cc(C)ccc3OC)C(=O)C(=O)N2c2ccc(CC)cc2)ccc1OC. The first kappa shape index (κ1) is 25.8. The van der Waals surface area contributed by atoms with E-state index in [1.54, 1.807) is 37.4 Å². The molecule has 1 fully saturated rings. The summed E-state index contributed by atoms with van der Waals surface area (Å²) in [6.45, 7) is 6.18. The Bertz CT molecular complexity index is 1360. The number of ether oxygens (including phenoxy) is 3. The number of aliphatic hydroxyl groups is 1. The van der Waals surface area contributed by atoms with E-state index in [2.05, 4.69) is 0 Å². The monoisotopic (exact) mass is 501 g/mol. The zero-order valence-electron chi connectivity index (χ0n) is 21.7. The Morgan fingerprint density at radius 2 is 1.57 bits per heavy atom. The van der Waals surface area contributed by atoms with Crippen molar-refractivity contribution in [3.63, 3.8) is 0 Å². The van der Waals surface area contributed by atoms with Crippen molar-refractivity contribution >= 4 is 23.1 Å². The molecule has 0 saturated carbocycles. The Hall–Kier alpha value is -4.26. The van der Waals surface area contributed by atoms with Gasteiger partial charge in [0.05, 0.1) is 38.0 Å². The third kappa shape index (κ3) is 4.77. The van der Waals surface area contributed by atoms with Crippen LogP contribution in [0.1, 0.15) is 42.1 Å². The molecular formula is C30H31NO6. The van der Waals surface area contributed by atoms with Gasteiger partial charge in [0.1, 0.15) is 11.5 Å². The van der Waals surface area contributed by atoms with Gasteiger partial charge in [0.2, 0.25) is 0 Å². The van der Waals surface area contributed by atoms with Crippen molar-refractivity contribution in [2.75, 3.05) is 25.7 Å². The summed E-state index contributed by atoms with van der Waals surface area (Å²) in [5, 5.41) is 11.5. The van der Waals surface area contributed by atoms with Crippen molar-refractivity contribution in [3.8, 4) is 17.2 Å². The lowest BCUT2D eigenvalue weighted by molar-refractivity contribution is -0.132. The number of amides is 1. The molecule has 3 aromatic rings. The molecule has 1 atom stereocenters. The highest BCUT2D eigenvalue weighted by atomic mass is 16.5. The number of methoxy groups -OCH3 is 2. The summed E-state index contributed by atoms with van der Waals surface area (Å²) in [6.07, 6.45) is 0.839. The fourth-order valence-electron chi connectivity index (χ4n) is 4.59. The number of Topliss-reactive ketones (excluding diaryl/α,β-unsaturated/α-hetero) is 1. The topological polar surface area (TPSA) is 85.3 Å². The maximum absolute atomic E-state index is 13.5. The fraction of sp³-hybridized carbons (Fsp3) is 0.267. The summed E-state index contributed by atoms with van der Waals surface area (Å²) in [4.78, 5) is 28.4. The third-order valence-corrected chi connectivity index (χ3v) is 6.48. The van der Waals surface area contributed by atoms with E-state index in [4.69, 9.17) is 14.2 Å². The van der Waals surface area contributed by atoms with Crippen molar-refractivity contribution in [2.24, 2.45) is 0 Å². The van der Waals surface area contributed by atoms with E-state index in [1.165, 1.54) is 12.0 Å². The first-order chi connectivity index (χ1) is 17.8. The van der Waals surface area contributed by atoms with E-state index in [1.807, 2.05) is 51.1 Å². The van der Waals surface area contributed by atoms with E-state index in [9.17, 15) is 14.7 Å². The van der Waals surface area contributed by atoms with E-state index < -0.39 is 17.7 Å². The molecule has 1 aliphatic heterocycles. The molecule has 1 aliphatic rings. The highest BCUT2D eigenvalue weighted by Gasteiger charge is 2.47. The number of aryl methyl sites for hydroxylation is 2. The van der Waals surface area contributed by atoms with Crippen molar-refractivity contribution in [3.05, 3.63) is 88.5 Å². The lowest BCUT2D eigenvalue weighted by Crippen LogP contribution is -2.29.